The van der Waals surface area contributed by atoms with E-state index in [-0.39, 0.29) is 51.8 Å². The van der Waals surface area contributed by atoms with Gasteiger partial charge >= 0.3 is 0 Å². The number of aliphatic hydroxyl groups excluding tert-OH is 4. The topological polar surface area (TPSA) is 146 Å². The largest absolute Gasteiger partial charge is 0.557 e. The van der Waals surface area contributed by atoms with E-state index < -0.39 is 18.3 Å². The van der Waals surface area contributed by atoms with Crippen molar-refractivity contribution in [3.8, 4) is 0 Å². The third kappa shape index (κ3) is 38.3. The predicted molar refractivity (Wildman–Crippen MR) is 132 cm³/mol. The van der Waals surface area contributed by atoms with E-state index in [2.05, 4.69) is 47.4 Å². The van der Waals surface area contributed by atoms with Crippen LogP contribution in [0.5, 0.6) is 0 Å². The van der Waals surface area contributed by atoms with Gasteiger partial charge in [-0.15, -0.1) is 0 Å². The maximum absolute atomic E-state index is 9.47. The van der Waals surface area contributed by atoms with Crippen molar-refractivity contribution in [3.05, 3.63) is 28.4 Å². The second-order valence-corrected chi connectivity index (χ2v) is 7.60. The van der Waals surface area contributed by atoms with Gasteiger partial charge in [-0.1, -0.05) is 0 Å². The molecule has 37 heavy (non-hydrogen) atoms. The summed E-state index contributed by atoms with van der Waals surface area (Å²) in [6.07, 6.45) is 1.12. The molecule has 0 rings (SSSR count). The summed E-state index contributed by atoms with van der Waals surface area (Å²) in [5.41, 5.74) is 0. The Labute approximate surface area is 212 Å². The smallest absolute Gasteiger partial charge is 0.0976 e. The fraction of sp³-hybridized carbons (Fsp3) is 0.833. The molecule has 0 heterocycles. The minimum absolute atomic E-state index is 0. The first-order valence-electron chi connectivity index (χ1n) is 11.6. The van der Waals surface area contributed by atoms with Crippen LogP contribution in [0.2, 0.25) is 0 Å². The molecule has 0 amide bonds. The predicted octanol–water partition coefficient (Wildman–Crippen LogP) is 1.28. The molecule has 5 unspecified atom stereocenters. The number of methoxy groups -OCH3 is 1. The summed E-state index contributed by atoms with van der Waals surface area (Å²) in [7, 11) is 14.0. The normalized spacial score (nSPS) is 14.4. The summed E-state index contributed by atoms with van der Waals surface area (Å²) in [4.78, 5) is 0. The van der Waals surface area contributed by atoms with Gasteiger partial charge < -0.3 is 53.6 Å². The van der Waals surface area contributed by atoms with Crippen LogP contribution in [0.15, 0.2) is 0 Å². The average molecular weight is 1050 g/mol. The van der Waals surface area contributed by atoms with Crippen LogP contribution >= 0.6 is 0 Å². The van der Waals surface area contributed by atoms with E-state index in [9.17, 15) is 10.2 Å². The molecule has 0 aliphatic heterocycles. The van der Waals surface area contributed by atoms with Crippen molar-refractivity contribution in [2.75, 3.05) is 60.0 Å². The van der Waals surface area contributed by atoms with Gasteiger partial charge in [-0.3, -0.25) is 0 Å². The third-order valence-corrected chi connectivity index (χ3v) is 4.26. The number of hydrogen-bond acceptors (Lipinski definition) is 11. The van der Waals surface area contributed by atoms with E-state index in [1.165, 1.54) is 7.11 Å². The molecule has 0 bridgehead atoms. The summed E-state index contributed by atoms with van der Waals surface area (Å²) in [5, 5.41) is 36.1. The van der Waals surface area contributed by atoms with Crippen LogP contribution in [0, 0.1) is 28.4 Å². The van der Waals surface area contributed by atoms with Gasteiger partial charge in [0.05, 0.1) is 50.3 Å². The molecule has 0 saturated carbocycles. The van der Waals surface area contributed by atoms with Crippen LogP contribution in [-0.4, -0.2) is 111 Å². The quantitative estimate of drug-likeness (QED) is 0.0976. The van der Waals surface area contributed by atoms with Crippen molar-refractivity contribution in [2.45, 2.75) is 70.1 Å². The summed E-state index contributed by atoms with van der Waals surface area (Å²) < 4.78 is 33.8. The molecule has 11 nitrogen and oxygen atoms in total. The minimum Gasteiger partial charge on any atom is -0.557 e. The Balaban J connectivity index is -0.000000191. The molecule has 0 aliphatic rings. The van der Waals surface area contributed by atoms with Crippen molar-refractivity contribution in [3.63, 3.8) is 0 Å². The van der Waals surface area contributed by atoms with Gasteiger partial charge in [-0.05, 0) is 46.6 Å². The fourth-order valence-electron chi connectivity index (χ4n) is 2.35. The first kappa shape index (κ1) is 44.5. The molecule has 13 heteroatoms. The molecule has 0 fully saturated rings. The Hall–Kier alpha value is -2.44. The van der Waals surface area contributed by atoms with Crippen LogP contribution in [-0.2, 0) is 33.2 Å². The molecule has 0 aliphatic carbocycles. The molecule has 0 aromatic carbocycles. The van der Waals surface area contributed by atoms with Crippen LogP contribution in [0.25, 0.3) is 0 Å². The van der Waals surface area contributed by atoms with Gasteiger partial charge in [0.2, 0.25) is 0 Å². The van der Waals surface area contributed by atoms with Crippen molar-refractivity contribution in [1.29, 1.82) is 0 Å². The van der Waals surface area contributed by atoms with E-state index in [1.807, 2.05) is 13.8 Å². The maximum atomic E-state index is 9.47. The maximum Gasteiger partial charge on any atom is 0.0976 e. The fourth-order valence-corrected chi connectivity index (χ4v) is 2.35. The Morgan fingerprint density at radius 2 is 0.973 bits per heavy atom. The molecule has 0 aromatic heterocycles. The number of aliphatic hydroxyl groups is 4. The SMILES string of the molecule is [CH2-]OC.[CH2-]OCC(O)CCCOC(C)C(C)OCCCC(O)CO[CH2-].[CH2-]OCC(O)COCCO.[Rf].[Rf]. The van der Waals surface area contributed by atoms with Gasteiger partial charge in [0.15, 0.2) is 0 Å². The number of hydrogen-bond donors (Lipinski definition) is 4. The van der Waals surface area contributed by atoms with Gasteiger partial charge in [-0.25, -0.2) is 28.4 Å². The van der Waals surface area contributed by atoms with Crippen LogP contribution in [0.4, 0.5) is 0 Å². The summed E-state index contributed by atoms with van der Waals surface area (Å²) in [5.74, 6) is 0. The Bertz CT molecular complexity index is 365. The molecular formula is C24H50O11Rf2-4. The minimum atomic E-state index is -0.649. The van der Waals surface area contributed by atoms with E-state index in [4.69, 9.17) is 24.4 Å². The molecular weight excluding hydrogens is 998 g/mol. The van der Waals surface area contributed by atoms with E-state index in [0.717, 1.165) is 12.8 Å². The van der Waals surface area contributed by atoms with Gasteiger partial charge in [0, 0.05) is 33.0 Å². The average Bonchev–Trinajstić information content (AvgIpc) is 2.81. The summed E-state index contributed by atoms with van der Waals surface area (Å²) in [6.45, 7) is 6.12. The monoisotopic (exact) mass is 1050 g/mol. The second kappa shape index (κ2) is 35.7. The summed E-state index contributed by atoms with van der Waals surface area (Å²) >= 11 is 0. The summed E-state index contributed by atoms with van der Waals surface area (Å²) in [6, 6.07) is 0. The zero-order valence-electron chi connectivity index (χ0n) is 23.3. The van der Waals surface area contributed by atoms with Gasteiger partial charge in [0.25, 0.3) is 0 Å². The Morgan fingerprint density at radius 3 is 1.30 bits per heavy atom. The van der Waals surface area contributed by atoms with Crippen molar-refractivity contribution in [2.24, 2.45) is 0 Å². The number of rotatable bonds is 21. The van der Waals surface area contributed by atoms with Crippen molar-refractivity contribution < 1.29 is 53.6 Å². The zero-order chi connectivity index (χ0) is 27.3. The molecule has 220 valence electrons. The van der Waals surface area contributed by atoms with E-state index in [1.54, 1.807) is 0 Å². The van der Waals surface area contributed by atoms with E-state index in [0.29, 0.717) is 26.1 Å². The van der Waals surface area contributed by atoms with Crippen LogP contribution in [0.1, 0.15) is 39.5 Å². The standard InChI is InChI=1S/C16H32O6.C6H13O4.C2H5O.2Rf/c1-13(21-9-5-7-15(17)11-19-3)14(2)22-10-6-8-16(18)12-20-4;1-9-4-6(8)5-10-3-2-7;1-3-2;;/h13-18H,3-12H2,1-2H3;6-8H,1-5H2;1H2,2H3;;/q-2;2*-1;;. The molecule has 0 saturated heterocycles. The molecule has 0 aromatic rings. The van der Waals surface area contributed by atoms with Crippen molar-refractivity contribution >= 4 is 0 Å². The first-order chi connectivity index (χ1) is 16.7. The van der Waals surface area contributed by atoms with Crippen LogP contribution in [0.3, 0.4) is 0 Å². The Morgan fingerprint density at radius 1 is 0.622 bits per heavy atom. The van der Waals surface area contributed by atoms with E-state index >= 15 is 0 Å². The Kier molecular flexibility index (Phi) is 43.0. The van der Waals surface area contributed by atoms with Crippen LogP contribution < -0.4 is 0 Å². The molecule has 0 radical (unpaired) electrons. The zero-order valence-corrected chi connectivity index (χ0v) is 36.1. The first-order valence-corrected chi connectivity index (χ1v) is 11.6. The number of ether oxygens (including phenoxy) is 7. The molecule has 5 atom stereocenters. The second-order valence-electron chi connectivity index (χ2n) is 7.60. The third-order valence-electron chi connectivity index (χ3n) is 4.26. The van der Waals surface area contributed by atoms with Gasteiger partial charge in [0.1, 0.15) is 0 Å². The molecule has 4 N–H and O–H groups in total. The van der Waals surface area contributed by atoms with Gasteiger partial charge in [-0.2, -0.15) is 0 Å². The molecule has 0 spiro atoms. The van der Waals surface area contributed by atoms with Crippen molar-refractivity contribution in [1.82, 2.24) is 0 Å².